The van der Waals surface area contributed by atoms with Crippen LogP contribution in [-0.2, 0) is 4.79 Å². The number of nitrogen functional groups attached to an aromatic ring is 1. The zero-order chi connectivity index (χ0) is 13.7. The van der Waals surface area contributed by atoms with Gasteiger partial charge in [-0.05, 0) is 19.9 Å². The highest BCUT2D eigenvalue weighted by Crippen LogP contribution is 2.11. The van der Waals surface area contributed by atoms with Crippen LogP contribution in [0.2, 0.25) is 0 Å². The number of amides is 2. The number of anilines is 1. The molecule has 1 rings (SSSR count). The van der Waals surface area contributed by atoms with E-state index in [-0.39, 0.29) is 17.3 Å². The van der Waals surface area contributed by atoms with Crippen molar-refractivity contribution in [3.8, 4) is 0 Å². The van der Waals surface area contributed by atoms with Crippen LogP contribution < -0.4 is 16.4 Å². The standard InChI is InChI=1S/C11H15FN4O2/c1-3-14-10(17)6(2)16-11(18)7-4-5-15-9(13)8(7)12/h4-6H,3H2,1-2H3,(H2,13,15)(H,14,17)(H,16,18). The number of likely N-dealkylation sites (N-methyl/N-ethyl adjacent to an activating group) is 1. The van der Waals surface area contributed by atoms with Gasteiger partial charge < -0.3 is 16.4 Å². The van der Waals surface area contributed by atoms with E-state index in [0.717, 1.165) is 0 Å². The number of rotatable bonds is 4. The van der Waals surface area contributed by atoms with Gasteiger partial charge in [-0.1, -0.05) is 0 Å². The number of carbonyl (C=O) groups is 2. The van der Waals surface area contributed by atoms with Gasteiger partial charge in [0, 0.05) is 12.7 Å². The second kappa shape index (κ2) is 5.95. The molecule has 18 heavy (non-hydrogen) atoms. The minimum atomic E-state index is -0.891. The van der Waals surface area contributed by atoms with Crippen LogP contribution in [0.1, 0.15) is 24.2 Å². The maximum absolute atomic E-state index is 13.5. The smallest absolute Gasteiger partial charge is 0.255 e. The Morgan fingerprint density at radius 2 is 2.22 bits per heavy atom. The van der Waals surface area contributed by atoms with Crippen molar-refractivity contribution in [3.05, 3.63) is 23.6 Å². The first kappa shape index (κ1) is 13.9. The molecule has 0 aliphatic rings. The molecule has 1 aromatic rings. The van der Waals surface area contributed by atoms with E-state index in [1.54, 1.807) is 6.92 Å². The first-order valence-electron chi connectivity index (χ1n) is 5.46. The second-order valence-electron chi connectivity index (χ2n) is 3.65. The van der Waals surface area contributed by atoms with Gasteiger partial charge in [-0.2, -0.15) is 0 Å². The van der Waals surface area contributed by atoms with Crippen molar-refractivity contribution in [1.29, 1.82) is 0 Å². The molecule has 1 unspecified atom stereocenters. The summed E-state index contributed by atoms with van der Waals surface area (Å²) in [5, 5.41) is 4.92. The van der Waals surface area contributed by atoms with Gasteiger partial charge in [0.2, 0.25) is 5.91 Å². The summed E-state index contributed by atoms with van der Waals surface area (Å²) in [6.07, 6.45) is 1.23. The number of carbonyl (C=O) groups excluding carboxylic acids is 2. The molecule has 1 aromatic heterocycles. The Morgan fingerprint density at radius 1 is 1.56 bits per heavy atom. The summed E-state index contributed by atoms with van der Waals surface area (Å²) in [5.74, 6) is -2.29. The van der Waals surface area contributed by atoms with Crippen LogP contribution in [0, 0.1) is 5.82 Å². The zero-order valence-electron chi connectivity index (χ0n) is 10.2. The SMILES string of the molecule is CCNC(=O)C(C)NC(=O)c1ccnc(N)c1F. The highest BCUT2D eigenvalue weighted by atomic mass is 19.1. The quantitative estimate of drug-likeness (QED) is 0.707. The van der Waals surface area contributed by atoms with Gasteiger partial charge >= 0.3 is 0 Å². The van der Waals surface area contributed by atoms with E-state index >= 15 is 0 Å². The molecule has 2 amide bonds. The molecule has 0 radical (unpaired) electrons. The third kappa shape index (κ3) is 3.16. The molecular formula is C11H15FN4O2. The maximum Gasteiger partial charge on any atom is 0.255 e. The van der Waals surface area contributed by atoms with Crippen LogP contribution >= 0.6 is 0 Å². The van der Waals surface area contributed by atoms with Crippen molar-refractivity contribution in [2.75, 3.05) is 12.3 Å². The summed E-state index contributed by atoms with van der Waals surface area (Å²) in [4.78, 5) is 26.6. The Hall–Kier alpha value is -2.18. The lowest BCUT2D eigenvalue weighted by Gasteiger charge is -2.13. The molecule has 0 bridgehead atoms. The Labute approximate surface area is 104 Å². The molecule has 0 spiro atoms. The van der Waals surface area contributed by atoms with E-state index < -0.39 is 17.8 Å². The van der Waals surface area contributed by atoms with Gasteiger partial charge in [0.15, 0.2) is 11.6 Å². The van der Waals surface area contributed by atoms with Gasteiger partial charge in [-0.25, -0.2) is 9.37 Å². The molecule has 98 valence electrons. The summed E-state index contributed by atoms with van der Waals surface area (Å²) in [6, 6.07) is 0.442. The number of nitrogens with one attached hydrogen (secondary N) is 2. The topological polar surface area (TPSA) is 97.1 Å². The molecule has 0 aliphatic heterocycles. The molecule has 6 nitrogen and oxygen atoms in total. The van der Waals surface area contributed by atoms with Crippen LogP contribution in [0.5, 0.6) is 0 Å². The number of nitrogens with two attached hydrogens (primary N) is 1. The molecular weight excluding hydrogens is 239 g/mol. The Morgan fingerprint density at radius 3 is 2.83 bits per heavy atom. The van der Waals surface area contributed by atoms with Crippen molar-refractivity contribution in [1.82, 2.24) is 15.6 Å². The van der Waals surface area contributed by atoms with Gasteiger partial charge in [-0.15, -0.1) is 0 Å². The summed E-state index contributed by atoms with van der Waals surface area (Å²) in [6.45, 7) is 3.72. The predicted octanol–water partition coefficient (Wildman–Crippen LogP) is 0.0573. The molecule has 0 aliphatic carbocycles. The first-order valence-corrected chi connectivity index (χ1v) is 5.46. The van der Waals surface area contributed by atoms with Gasteiger partial charge in [-0.3, -0.25) is 9.59 Å². The van der Waals surface area contributed by atoms with Crippen molar-refractivity contribution in [2.45, 2.75) is 19.9 Å². The highest BCUT2D eigenvalue weighted by molar-refractivity contribution is 5.98. The van der Waals surface area contributed by atoms with E-state index in [4.69, 9.17) is 5.73 Å². The lowest BCUT2D eigenvalue weighted by molar-refractivity contribution is -0.122. The zero-order valence-corrected chi connectivity index (χ0v) is 10.2. The highest BCUT2D eigenvalue weighted by Gasteiger charge is 2.19. The molecule has 1 heterocycles. The minimum Gasteiger partial charge on any atom is -0.381 e. The van der Waals surface area contributed by atoms with Crippen LogP contribution in [0.25, 0.3) is 0 Å². The van der Waals surface area contributed by atoms with Gasteiger partial charge in [0.1, 0.15) is 6.04 Å². The van der Waals surface area contributed by atoms with E-state index in [0.29, 0.717) is 6.54 Å². The number of hydrogen-bond acceptors (Lipinski definition) is 4. The minimum absolute atomic E-state index is 0.237. The van der Waals surface area contributed by atoms with Crippen LogP contribution in [0.15, 0.2) is 12.3 Å². The van der Waals surface area contributed by atoms with Gasteiger partial charge in [0.05, 0.1) is 5.56 Å². The van der Waals surface area contributed by atoms with Crippen molar-refractivity contribution in [2.24, 2.45) is 0 Å². The summed E-state index contributed by atoms with van der Waals surface area (Å²) < 4.78 is 13.5. The molecule has 1 atom stereocenters. The molecule has 0 saturated carbocycles. The average Bonchev–Trinajstić information content (AvgIpc) is 2.32. The summed E-state index contributed by atoms with van der Waals surface area (Å²) >= 11 is 0. The number of hydrogen-bond donors (Lipinski definition) is 3. The second-order valence-corrected chi connectivity index (χ2v) is 3.65. The number of pyridine rings is 1. The molecule has 7 heteroatoms. The fourth-order valence-corrected chi connectivity index (χ4v) is 1.30. The monoisotopic (exact) mass is 254 g/mol. The van der Waals surface area contributed by atoms with Crippen LogP contribution in [0.4, 0.5) is 10.2 Å². The van der Waals surface area contributed by atoms with E-state index in [1.165, 1.54) is 19.2 Å². The largest absolute Gasteiger partial charge is 0.381 e. The number of nitrogens with zero attached hydrogens (tertiary/aromatic N) is 1. The Balaban J connectivity index is 2.77. The summed E-state index contributed by atoms with van der Waals surface area (Å²) in [7, 11) is 0. The van der Waals surface area contributed by atoms with Crippen molar-refractivity contribution < 1.29 is 14.0 Å². The predicted molar refractivity (Wildman–Crippen MR) is 64.2 cm³/mol. The number of halogens is 1. The Bertz CT molecular complexity index is 464. The molecule has 0 aromatic carbocycles. The van der Waals surface area contributed by atoms with E-state index in [2.05, 4.69) is 15.6 Å². The Kier molecular flexibility index (Phi) is 4.59. The van der Waals surface area contributed by atoms with Crippen LogP contribution in [0.3, 0.4) is 0 Å². The molecule has 0 saturated heterocycles. The lowest BCUT2D eigenvalue weighted by Crippen LogP contribution is -2.44. The van der Waals surface area contributed by atoms with E-state index in [9.17, 15) is 14.0 Å². The third-order valence-corrected chi connectivity index (χ3v) is 2.25. The average molecular weight is 254 g/mol. The third-order valence-electron chi connectivity index (χ3n) is 2.25. The normalized spacial score (nSPS) is 11.7. The lowest BCUT2D eigenvalue weighted by atomic mass is 10.2. The van der Waals surface area contributed by atoms with Gasteiger partial charge in [0.25, 0.3) is 5.91 Å². The van der Waals surface area contributed by atoms with Crippen molar-refractivity contribution in [3.63, 3.8) is 0 Å². The summed E-state index contributed by atoms with van der Waals surface area (Å²) in [5.41, 5.74) is 5.01. The van der Waals surface area contributed by atoms with Crippen molar-refractivity contribution >= 4 is 17.6 Å². The fourth-order valence-electron chi connectivity index (χ4n) is 1.30. The fraction of sp³-hybridized carbons (Fsp3) is 0.364. The maximum atomic E-state index is 13.5. The van der Waals surface area contributed by atoms with E-state index in [1.807, 2.05) is 0 Å². The first-order chi connectivity index (χ1) is 8.47. The molecule has 0 fully saturated rings. The number of aromatic nitrogens is 1. The van der Waals surface area contributed by atoms with Crippen LogP contribution in [-0.4, -0.2) is 29.4 Å². The molecule has 4 N–H and O–H groups in total.